The van der Waals surface area contributed by atoms with Gasteiger partial charge in [0.2, 0.25) is 5.91 Å². The molecule has 1 aromatic carbocycles. The molecule has 0 saturated carbocycles. The minimum absolute atomic E-state index is 0.0160. The first-order valence-corrected chi connectivity index (χ1v) is 9.77. The third-order valence-corrected chi connectivity index (χ3v) is 3.79. The van der Waals surface area contributed by atoms with Gasteiger partial charge in [-0.1, -0.05) is 51.2 Å². The van der Waals surface area contributed by atoms with Gasteiger partial charge in [-0.3, -0.25) is 14.4 Å². The third kappa shape index (κ3) is 14.8. The molecule has 1 aromatic rings. The second-order valence-electron chi connectivity index (χ2n) is 6.41. The van der Waals surface area contributed by atoms with Crippen molar-refractivity contribution in [1.29, 1.82) is 0 Å². The number of para-hydroxylation sites is 1. The molecule has 0 aliphatic rings. The fraction of sp³-hybridized carbons (Fsp3) is 0.524. The maximum absolute atomic E-state index is 11.1. The van der Waals surface area contributed by atoms with Crippen molar-refractivity contribution in [3.05, 3.63) is 29.8 Å². The van der Waals surface area contributed by atoms with E-state index in [9.17, 15) is 19.2 Å². The Morgan fingerprint density at radius 2 is 1.55 bits per heavy atom. The van der Waals surface area contributed by atoms with Crippen LogP contribution in [0, 0.1) is 0 Å². The molecular weight excluding hydrogens is 378 g/mol. The Morgan fingerprint density at radius 1 is 0.931 bits per heavy atom. The summed E-state index contributed by atoms with van der Waals surface area (Å²) in [6.45, 7) is 4.08. The number of aliphatic carboxylic acids is 1. The van der Waals surface area contributed by atoms with Crippen molar-refractivity contribution in [3.63, 3.8) is 0 Å². The summed E-state index contributed by atoms with van der Waals surface area (Å²) in [4.78, 5) is 42.5. The van der Waals surface area contributed by atoms with Crippen molar-refractivity contribution in [1.82, 2.24) is 5.32 Å². The van der Waals surface area contributed by atoms with Crippen LogP contribution < -0.4 is 10.1 Å². The van der Waals surface area contributed by atoms with Crippen molar-refractivity contribution in [2.75, 3.05) is 6.54 Å². The second-order valence-corrected chi connectivity index (χ2v) is 6.41. The molecule has 162 valence electrons. The highest BCUT2D eigenvalue weighted by Gasteiger charge is 2.11. The summed E-state index contributed by atoms with van der Waals surface area (Å²) in [6.07, 6.45) is 7.15. The molecule has 29 heavy (non-hydrogen) atoms. The lowest BCUT2D eigenvalue weighted by atomic mass is 10.1. The standard InChI is InChI=1S/C12H23NO3.C9H8O4/c1-2-3-4-5-6-7-10-13-11(14)8-9-12(15)16;1-6(10)13-8-5-3-2-4-7(8)9(11)12/h2-10H2,1H3,(H,13,14)(H,15,16);2-5H,1H3,(H,11,12). The van der Waals surface area contributed by atoms with Gasteiger partial charge in [-0.2, -0.15) is 0 Å². The number of hydrogen-bond donors (Lipinski definition) is 3. The van der Waals surface area contributed by atoms with E-state index >= 15 is 0 Å². The molecule has 0 unspecified atom stereocenters. The van der Waals surface area contributed by atoms with E-state index in [-0.39, 0.29) is 30.1 Å². The van der Waals surface area contributed by atoms with Gasteiger partial charge in [0.05, 0.1) is 6.42 Å². The molecule has 0 aliphatic heterocycles. The Bertz CT molecular complexity index is 658. The van der Waals surface area contributed by atoms with E-state index in [2.05, 4.69) is 17.0 Å². The van der Waals surface area contributed by atoms with Gasteiger partial charge in [0, 0.05) is 19.9 Å². The Hall–Kier alpha value is -2.90. The van der Waals surface area contributed by atoms with Crippen LogP contribution in [0.2, 0.25) is 0 Å². The number of amides is 1. The lowest BCUT2D eigenvalue weighted by Gasteiger charge is -2.04. The number of aromatic carboxylic acids is 1. The molecule has 0 heterocycles. The largest absolute Gasteiger partial charge is 0.481 e. The van der Waals surface area contributed by atoms with Crippen LogP contribution >= 0.6 is 0 Å². The molecule has 1 rings (SSSR count). The lowest BCUT2D eigenvalue weighted by molar-refractivity contribution is -0.138. The van der Waals surface area contributed by atoms with E-state index in [0.717, 1.165) is 12.8 Å². The molecule has 8 nitrogen and oxygen atoms in total. The van der Waals surface area contributed by atoms with Crippen LogP contribution in [0.15, 0.2) is 24.3 Å². The minimum Gasteiger partial charge on any atom is -0.481 e. The number of benzene rings is 1. The van der Waals surface area contributed by atoms with Crippen LogP contribution in [0.3, 0.4) is 0 Å². The van der Waals surface area contributed by atoms with Gasteiger partial charge < -0.3 is 20.3 Å². The first-order valence-electron chi connectivity index (χ1n) is 9.77. The number of rotatable bonds is 12. The fourth-order valence-electron chi connectivity index (χ4n) is 2.33. The van der Waals surface area contributed by atoms with Crippen LogP contribution in [0.25, 0.3) is 0 Å². The maximum Gasteiger partial charge on any atom is 0.339 e. The topological polar surface area (TPSA) is 130 Å². The average Bonchev–Trinajstić information content (AvgIpc) is 2.66. The quantitative estimate of drug-likeness (QED) is 0.273. The SMILES string of the molecule is CC(=O)Oc1ccccc1C(=O)O.CCCCCCCCNC(=O)CCC(=O)O. The number of esters is 1. The van der Waals surface area contributed by atoms with Crippen molar-refractivity contribution in [2.24, 2.45) is 0 Å². The van der Waals surface area contributed by atoms with E-state index < -0.39 is 17.9 Å². The average molecular weight is 409 g/mol. The number of hydrogen-bond acceptors (Lipinski definition) is 5. The number of carboxylic acid groups (broad SMARTS) is 2. The summed E-state index contributed by atoms with van der Waals surface area (Å²) in [5, 5.41) is 19.8. The normalized spacial score (nSPS) is 9.72. The summed E-state index contributed by atoms with van der Waals surface area (Å²) >= 11 is 0. The number of unbranched alkanes of at least 4 members (excludes halogenated alkanes) is 5. The van der Waals surface area contributed by atoms with Gasteiger partial charge in [-0.15, -0.1) is 0 Å². The van der Waals surface area contributed by atoms with Crippen molar-refractivity contribution < 1.29 is 34.1 Å². The Labute approximate surface area is 171 Å². The summed E-state index contributed by atoms with van der Waals surface area (Å²) < 4.78 is 4.69. The molecular formula is C21H31NO7. The number of ether oxygens (including phenoxy) is 1. The Balaban J connectivity index is 0.000000551. The summed E-state index contributed by atoms with van der Waals surface area (Å²) in [6, 6.07) is 5.98. The number of carboxylic acids is 2. The van der Waals surface area contributed by atoms with E-state index in [1.54, 1.807) is 12.1 Å². The Morgan fingerprint density at radius 3 is 2.14 bits per heavy atom. The van der Waals surface area contributed by atoms with Gasteiger partial charge in [-0.25, -0.2) is 4.79 Å². The second kappa shape index (κ2) is 16.1. The van der Waals surface area contributed by atoms with E-state index in [0.29, 0.717) is 6.54 Å². The molecule has 0 bridgehead atoms. The zero-order chi connectivity index (χ0) is 22.1. The molecule has 0 spiro atoms. The number of nitrogens with one attached hydrogen (secondary N) is 1. The molecule has 0 atom stereocenters. The van der Waals surface area contributed by atoms with Gasteiger partial charge in [0.25, 0.3) is 0 Å². The molecule has 0 aliphatic carbocycles. The summed E-state index contributed by atoms with van der Waals surface area (Å²) in [7, 11) is 0. The van der Waals surface area contributed by atoms with Gasteiger partial charge in [0.15, 0.2) is 0 Å². The van der Waals surface area contributed by atoms with Crippen LogP contribution in [-0.2, 0) is 14.4 Å². The predicted octanol–water partition coefficient (Wildman–Crippen LogP) is 3.64. The highest BCUT2D eigenvalue weighted by atomic mass is 16.5. The summed E-state index contributed by atoms with van der Waals surface area (Å²) in [5.41, 5.74) is -0.0160. The van der Waals surface area contributed by atoms with E-state index in [1.807, 2.05) is 0 Å². The molecule has 0 saturated heterocycles. The van der Waals surface area contributed by atoms with Crippen molar-refractivity contribution in [2.45, 2.75) is 65.2 Å². The van der Waals surface area contributed by atoms with Gasteiger partial charge >= 0.3 is 17.9 Å². The van der Waals surface area contributed by atoms with E-state index in [4.69, 9.17) is 10.2 Å². The zero-order valence-corrected chi connectivity index (χ0v) is 17.1. The molecule has 3 N–H and O–H groups in total. The molecule has 0 radical (unpaired) electrons. The third-order valence-electron chi connectivity index (χ3n) is 3.79. The smallest absolute Gasteiger partial charge is 0.339 e. The first kappa shape index (κ1) is 26.1. The molecule has 8 heteroatoms. The number of carbonyl (C=O) groups excluding carboxylic acids is 2. The van der Waals surface area contributed by atoms with Crippen LogP contribution in [0.5, 0.6) is 5.75 Å². The van der Waals surface area contributed by atoms with Gasteiger partial charge in [0.1, 0.15) is 11.3 Å². The minimum atomic E-state index is -1.11. The van der Waals surface area contributed by atoms with Gasteiger partial charge in [-0.05, 0) is 18.6 Å². The highest BCUT2D eigenvalue weighted by Crippen LogP contribution is 2.17. The molecule has 0 aromatic heterocycles. The molecule has 0 fully saturated rings. The molecule has 1 amide bonds. The van der Waals surface area contributed by atoms with Crippen LogP contribution in [0.1, 0.15) is 75.6 Å². The van der Waals surface area contributed by atoms with Crippen molar-refractivity contribution >= 4 is 23.8 Å². The summed E-state index contributed by atoms with van der Waals surface area (Å²) in [5.74, 6) is -2.65. The Kier molecular flexibility index (Phi) is 14.5. The van der Waals surface area contributed by atoms with Crippen molar-refractivity contribution in [3.8, 4) is 5.75 Å². The highest BCUT2D eigenvalue weighted by molar-refractivity contribution is 5.91. The number of carbonyl (C=O) groups is 4. The monoisotopic (exact) mass is 409 g/mol. The zero-order valence-electron chi connectivity index (χ0n) is 17.1. The van der Waals surface area contributed by atoms with Crippen LogP contribution in [0.4, 0.5) is 0 Å². The maximum atomic E-state index is 11.1. The lowest BCUT2D eigenvalue weighted by Crippen LogP contribution is -2.24. The van der Waals surface area contributed by atoms with Crippen LogP contribution in [-0.4, -0.2) is 40.6 Å². The van der Waals surface area contributed by atoms with E-state index in [1.165, 1.54) is 44.7 Å². The predicted molar refractivity (Wildman–Crippen MR) is 108 cm³/mol. The fourth-order valence-corrected chi connectivity index (χ4v) is 2.33. The first-order chi connectivity index (χ1) is 13.8.